The Hall–Kier alpha value is -0.890. The molecule has 0 radical (unpaired) electrons. The van der Waals surface area contributed by atoms with Gasteiger partial charge in [-0.2, -0.15) is 0 Å². The summed E-state index contributed by atoms with van der Waals surface area (Å²) in [6.45, 7) is 8.68. The van der Waals surface area contributed by atoms with E-state index in [-0.39, 0.29) is 0 Å². The highest BCUT2D eigenvalue weighted by Gasteiger charge is 2.10. The third kappa shape index (κ3) is 1.44. The summed E-state index contributed by atoms with van der Waals surface area (Å²) in [7, 11) is 0. The molecule has 0 atom stereocenters. The van der Waals surface area contributed by atoms with Crippen LogP contribution in [-0.2, 0) is 0 Å². The van der Waals surface area contributed by atoms with Crippen LogP contribution < -0.4 is 0 Å². The lowest BCUT2D eigenvalue weighted by Crippen LogP contribution is -1.89. The molecular weight excluding hydrogens is 190 g/mol. The Morgan fingerprint density at radius 3 is 2.57 bits per heavy atom. The van der Waals surface area contributed by atoms with Crippen molar-refractivity contribution in [2.24, 2.45) is 0 Å². The Balaban J connectivity index is 2.81. The molecule has 2 heteroatoms. The molecule has 0 aliphatic heterocycles. The molecule has 1 aromatic carbocycles. The van der Waals surface area contributed by atoms with Crippen LogP contribution in [0, 0.1) is 13.8 Å². The third-order valence-electron chi connectivity index (χ3n) is 2.50. The second-order valence-corrected chi connectivity index (χ2v) is 5.24. The van der Waals surface area contributed by atoms with E-state index in [1.807, 2.05) is 0 Å². The van der Waals surface area contributed by atoms with Crippen LogP contribution in [-0.4, -0.2) is 4.98 Å². The van der Waals surface area contributed by atoms with Crippen LogP contribution in [0.2, 0.25) is 0 Å². The fourth-order valence-electron chi connectivity index (χ4n) is 1.73. The van der Waals surface area contributed by atoms with Gasteiger partial charge in [0.1, 0.15) is 0 Å². The van der Waals surface area contributed by atoms with Crippen molar-refractivity contribution in [3.8, 4) is 0 Å². The SMILES string of the molecule is Cc1nc2c(C(C)C)ccc(C)c2s1. The van der Waals surface area contributed by atoms with Crippen LogP contribution in [0.4, 0.5) is 0 Å². The molecule has 0 amide bonds. The van der Waals surface area contributed by atoms with Crippen LogP contribution in [0.5, 0.6) is 0 Å². The van der Waals surface area contributed by atoms with E-state index in [0.29, 0.717) is 5.92 Å². The maximum atomic E-state index is 4.61. The Kier molecular flexibility index (Phi) is 2.31. The minimum absolute atomic E-state index is 0.555. The summed E-state index contributed by atoms with van der Waals surface area (Å²) in [5.74, 6) is 0.555. The van der Waals surface area contributed by atoms with Crippen molar-refractivity contribution in [1.82, 2.24) is 4.98 Å². The zero-order chi connectivity index (χ0) is 10.3. The molecule has 0 fully saturated rings. The standard InChI is InChI=1S/C12H15NS/c1-7(2)10-6-5-8(3)12-11(10)13-9(4)14-12/h5-7H,1-4H3. The Bertz CT molecular complexity index is 468. The maximum Gasteiger partial charge on any atom is 0.0907 e. The number of aromatic nitrogens is 1. The molecule has 0 spiro atoms. The van der Waals surface area contributed by atoms with E-state index < -0.39 is 0 Å². The number of aryl methyl sites for hydroxylation is 2. The summed E-state index contributed by atoms with van der Waals surface area (Å²) >= 11 is 1.80. The van der Waals surface area contributed by atoms with E-state index >= 15 is 0 Å². The van der Waals surface area contributed by atoms with Crippen LogP contribution in [0.3, 0.4) is 0 Å². The fourth-order valence-corrected chi connectivity index (χ4v) is 2.65. The van der Waals surface area contributed by atoms with E-state index in [0.717, 1.165) is 5.01 Å². The normalized spacial score (nSPS) is 11.5. The van der Waals surface area contributed by atoms with Gasteiger partial charge in [0, 0.05) is 0 Å². The van der Waals surface area contributed by atoms with Gasteiger partial charge in [-0.15, -0.1) is 11.3 Å². The summed E-state index contributed by atoms with van der Waals surface area (Å²) in [6, 6.07) is 4.41. The molecule has 2 rings (SSSR count). The summed E-state index contributed by atoms with van der Waals surface area (Å²) in [6.07, 6.45) is 0. The Morgan fingerprint density at radius 1 is 1.21 bits per heavy atom. The van der Waals surface area contributed by atoms with E-state index in [1.165, 1.54) is 21.3 Å². The van der Waals surface area contributed by atoms with Gasteiger partial charge in [-0.25, -0.2) is 4.98 Å². The Morgan fingerprint density at radius 2 is 1.93 bits per heavy atom. The average molecular weight is 205 g/mol. The molecule has 0 unspecified atom stereocenters. The molecule has 2 aromatic rings. The number of hydrogen-bond donors (Lipinski definition) is 0. The van der Waals surface area contributed by atoms with Gasteiger partial charge in [-0.05, 0) is 30.9 Å². The van der Waals surface area contributed by atoms with Gasteiger partial charge >= 0.3 is 0 Å². The van der Waals surface area contributed by atoms with E-state index in [1.54, 1.807) is 11.3 Å². The van der Waals surface area contributed by atoms with E-state index in [9.17, 15) is 0 Å². The highest BCUT2D eigenvalue weighted by molar-refractivity contribution is 7.18. The lowest BCUT2D eigenvalue weighted by atomic mass is 10.0. The quantitative estimate of drug-likeness (QED) is 0.684. The summed E-state index contributed by atoms with van der Waals surface area (Å²) in [5, 5.41) is 1.16. The van der Waals surface area contributed by atoms with Crippen molar-refractivity contribution in [2.75, 3.05) is 0 Å². The van der Waals surface area contributed by atoms with E-state index in [4.69, 9.17) is 0 Å². The van der Waals surface area contributed by atoms with Gasteiger partial charge < -0.3 is 0 Å². The molecule has 74 valence electrons. The summed E-state index contributed by atoms with van der Waals surface area (Å²) in [5.41, 5.74) is 3.92. The molecule has 14 heavy (non-hydrogen) atoms. The molecule has 0 saturated carbocycles. The van der Waals surface area contributed by atoms with Gasteiger partial charge in [0.05, 0.1) is 15.2 Å². The lowest BCUT2D eigenvalue weighted by Gasteiger charge is -2.06. The molecule has 0 aliphatic carbocycles. The van der Waals surface area contributed by atoms with Crippen molar-refractivity contribution in [2.45, 2.75) is 33.6 Å². The van der Waals surface area contributed by atoms with Gasteiger partial charge in [0.25, 0.3) is 0 Å². The minimum Gasteiger partial charge on any atom is -0.241 e. The van der Waals surface area contributed by atoms with Crippen LogP contribution in [0.25, 0.3) is 10.2 Å². The summed E-state index contributed by atoms with van der Waals surface area (Å²) in [4.78, 5) is 4.61. The predicted octanol–water partition coefficient (Wildman–Crippen LogP) is 4.04. The number of nitrogens with zero attached hydrogens (tertiary/aromatic N) is 1. The first-order valence-corrected chi connectivity index (χ1v) is 5.78. The van der Waals surface area contributed by atoms with Crippen LogP contribution >= 0.6 is 11.3 Å². The molecule has 0 aliphatic rings. The number of hydrogen-bond acceptors (Lipinski definition) is 2. The van der Waals surface area contributed by atoms with E-state index in [2.05, 4.69) is 44.8 Å². The largest absolute Gasteiger partial charge is 0.241 e. The first-order chi connectivity index (χ1) is 6.59. The average Bonchev–Trinajstić information content (AvgIpc) is 2.47. The lowest BCUT2D eigenvalue weighted by molar-refractivity contribution is 0.873. The number of rotatable bonds is 1. The monoisotopic (exact) mass is 205 g/mol. The van der Waals surface area contributed by atoms with Crippen LogP contribution in [0.15, 0.2) is 12.1 Å². The van der Waals surface area contributed by atoms with Crippen molar-refractivity contribution < 1.29 is 0 Å². The zero-order valence-electron chi connectivity index (χ0n) is 9.09. The minimum atomic E-state index is 0.555. The van der Waals surface area contributed by atoms with Crippen LogP contribution in [0.1, 0.15) is 35.9 Å². The Labute approximate surface area is 88.8 Å². The first-order valence-electron chi connectivity index (χ1n) is 4.96. The number of fused-ring (bicyclic) bond motifs is 1. The highest BCUT2D eigenvalue weighted by Crippen LogP contribution is 2.31. The fraction of sp³-hybridized carbons (Fsp3) is 0.417. The van der Waals surface area contributed by atoms with Crippen molar-refractivity contribution in [3.05, 3.63) is 28.3 Å². The predicted molar refractivity (Wildman–Crippen MR) is 63.2 cm³/mol. The van der Waals surface area contributed by atoms with Crippen molar-refractivity contribution in [3.63, 3.8) is 0 Å². The first kappa shape index (κ1) is 9.66. The summed E-state index contributed by atoms with van der Waals surface area (Å²) < 4.78 is 1.36. The second kappa shape index (κ2) is 3.35. The molecule has 1 nitrogen and oxygen atoms in total. The third-order valence-corrected chi connectivity index (χ3v) is 3.61. The van der Waals surface area contributed by atoms with Gasteiger partial charge in [0.15, 0.2) is 0 Å². The number of benzene rings is 1. The highest BCUT2D eigenvalue weighted by atomic mass is 32.1. The zero-order valence-corrected chi connectivity index (χ0v) is 9.90. The molecule has 0 N–H and O–H groups in total. The number of thiazole rings is 1. The van der Waals surface area contributed by atoms with Gasteiger partial charge in [0.2, 0.25) is 0 Å². The van der Waals surface area contributed by atoms with Crippen molar-refractivity contribution >= 4 is 21.6 Å². The second-order valence-electron chi connectivity index (χ2n) is 4.04. The molecule has 0 bridgehead atoms. The molecule has 1 aromatic heterocycles. The molecule has 0 saturated heterocycles. The van der Waals surface area contributed by atoms with Crippen molar-refractivity contribution in [1.29, 1.82) is 0 Å². The smallest absolute Gasteiger partial charge is 0.0907 e. The molecular formula is C12H15NS. The molecule has 1 heterocycles. The van der Waals surface area contributed by atoms with Gasteiger partial charge in [-0.1, -0.05) is 26.0 Å². The maximum absolute atomic E-state index is 4.61. The topological polar surface area (TPSA) is 12.9 Å². The van der Waals surface area contributed by atoms with Gasteiger partial charge in [-0.3, -0.25) is 0 Å².